The normalized spacial score (nSPS) is 14.3. The molecule has 0 amide bonds. The van der Waals surface area contributed by atoms with Crippen LogP contribution < -0.4 is 0 Å². The lowest BCUT2D eigenvalue weighted by molar-refractivity contribution is -0.161. The van der Waals surface area contributed by atoms with E-state index in [2.05, 4.69) is 74.6 Å². The van der Waals surface area contributed by atoms with E-state index in [0.29, 0.717) is 12.8 Å². The van der Waals surface area contributed by atoms with E-state index in [4.69, 9.17) is 23.6 Å². The number of aliphatic hydroxyl groups is 2. The summed E-state index contributed by atoms with van der Waals surface area (Å²) in [6.45, 7) is 2.28. The summed E-state index contributed by atoms with van der Waals surface area (Å²) in [6.07, 6.45) is 49.0. The van der Waals surface area contributed by atoms with Crippen LogP contribution in [0.15, 0.2) is 60.8 Å². The van der Waals surface area contributed by atoms with Crippen molar-refractivity contribution in [3.05, 3.63) is 60.8 Å². The van der Waals surface area contributed by atoms with Gasteiger partial charge in [-0.15, -0.1) is 0 Å². The van der Waals surface area contributed by atoms with Crippen LogP contribution in [0.4, 0.5) is 0 Å². The third-order valence-corrected chi connectivity index (χ3v) is 10.6. The van der Waals surface area contributed by atoms with Crippen molar-refractivity contribution in [2.45, 2.75) is 206 Å². The predicted molar refractivity (Wildman–Crippen MR) is 242 cm³/mol. The van der Waals surface area contributed by atoms with E-state index >= 15 is 0 Å². The van der Waals surface area contributed by atoms with E-state index in [0.717, 1.165) is 64.2 Å². The van der Waals surface area contributed by atoms with Gasteiger partial charge in [-0.2, -0.15) is 0 Å². The lowest BCUT2D eigenvalue weighted by Gasteiger charge is -2.20. The molecule has 10 nitrogen and oxygen atoms in total. The molecule has 0 saturated carbocycles. The second-order valence-corrected chi connectivity index (χ2v) is 16.9. The second-order valence-electron chi connectivity index (χ2n) is 15.4. The van der Waals surface area contributed by atoms with Gasteiger partial charge in [-0.1, -0.05) is 164 Å². The van der Waals surface area contributed by atoms with Crippen molar-refractivity contribution in [2.75, 3.05) is 26.4 Å². The summed E-state index contributed by atoms with van der Waals surface area (Å²) in [7, 11) is -4.63. The summed E-state index contributed by atoms with van der Waals surface area (Å²) in [5.41, 5.74) is 0. The Labute approximate surface area is 359 Å². The number of carbonyl (C=O) groups excluding carboxylic acids is 2. The van der Waals surface area contributed by atoms with E-state index in [-0.39, 0.29) is 19.4 Å². The largest absolute Gasteiger partial charge is 0.472 e. The number of phosphoric acid groups is 1. The molecule has 0 saturated heterocycles. The molecule has 0 radical (unpaired) electrons. The second kappa shape index (κ2) is 43.7. The fourth-order valence-electron chi connectivity index (χ4n) is 6.04. The van der Waals surface area contributed by atoms with Gasteiger partial charge >= 0.3 is 19.8 Å². The Morgan fingerprint density at radius 2 is 0.915 bits per heavy atom. The Balaban J connectivity index is 4.31. The van der Waals surface area contributed by atoms with Crippen LogP contribution in [-0.2, 0) is 32.7 Å². The van der Waals surface area contributed by atoms with E-state index in [1.165, 1.54) is 89.9 Å². The molecule has 0 bridgehead atoms. The van der Waals surface area contributed by atoms with Crippen LogP contribution in [0, 0.1) is 0 Å². The highest BCUT2D eigenvalue weighted by Gasteiger charge is 2.27. The summed E-state index contributed by atoms with van der Waals surface area (Å²) in [4.78, 5) is 35.1. The maximum absolute atomic E-state index is 12.6. The number of phosphoric ester groups is 1. The Hall–Kier alpha value is -2.33. The number of unbranched alkanes of at least 4 members (excludes halogenated alkanes) is 19. The Morgan fingerprint density at radius 3 is 1.42 bits per heavy atom. The van der Waals surface area contributed by atoms with Crippen molar-refractivity contribution in [1.82, 2.24) is 0 Å². The van der Waals surface area contributed by atoms with Crippen LogP contribution in [0.25, 0.3) is 0 Å². The van der Waals surface area contributed by atoms with Crippen molar-refractivity contribution in [1.29, 1.82) is 0 Å². The first-order valence-corrected chi connectivity index (χ1v) is 24.7. The maximum Gasteiger partial charge on any atom is 0.472 e. The van der Waals surface area contributed by atoms with Crippen LogP contribution in [0.3, 0.4) is 0 Å². The average molecular weight is 853 g/mol. The Bertz CT molecular complexity index is 1160. The molecule has 0 aromatic heterocycles. The van der Waals surface area contributed by atoms with Gasteiger partial charge in [0.2, 0.25) is 0 Å². The van der Waals surface area contributed by atoms with Crippen LogP contribution in [0.2, 0.25) is 0 Å². The van der Waals surface area contributed by atoms with Gasteiger partial charge in [0.15, 0.2) is 6.10 Å². The molecule has 0 spiro atoms. The summed E-state index contributed by atoms with van der Waals surface area (Å²) in [6, 6.07) is 0. The van der Waals surface area contributed by atoms with Gasteiger partial charge in [0.05, 0.1) is 19.8 Å². The highest BCUT2D eigenvalue weighted by atomic mass is 31.2. The zero-order valence-electron chi connectivity index (χ0n) is 37.2. The molecular formula is C48H85O10P. The van der Waals surface area contributed by atoms with E-state index < -0.39 is 51.8 Å². The minimum atomic E-state index is -4.63. The molecule has 0 aromatic rings. The molecule has 0 aliphatic carbocycles. The highest BCUT2D eigenvalue weighted by molar-refractivity contribution is 7.47. The molecule has 1 unspecified atom stereocenters. The number of esters is 2. The fraction of sp³-hybridized carbons (Fsp3) is 0.750. The molecule has 0 heterocycles. The summed E-state index contributed by atoms with van der Waals surface area (Å²) in [5, 5.41) is 18.4. The number of hydrogen-bond donors (Lipinski definition) is 3. The van der Waals surface area contributed by atoms with E-state index in [1.807, 2.05) is 0 Å². The minimum Gasteiger partial charge on any atom is -0.462 e. The highest BCUT2D eigenvalue weighted by Crippen LogP contribution is 2.43. The minimum absolute atomic E-state index is 0.173. The molecule has 0 fully saturated rings. The molecule has 0 aliphatic heterocycles. The monoisotopic (exact) mass is 853 g/mol. The Kier molecular flexibility index (Phi) is 42.0. The van der Waals surface area contributed by atoms with Crippen molar-refractivity contribution in [3.63, 3.8) is 0 Å². The molecule has 0 aliphatic rings. The quantitative estimate of drug-likeness (QED) is 0.0234. The lowest BCUT2D eigenvalue weighted by atomic mass is 10.1. The van der Waals surface area contributed by atoms with E-state index in [1.54, 1.807) is 0 Å². The molecule has 3 N–H and O–H groups in total. The van der Waals surface area contributed by atoms with Crippen molar-refractivity contribution >= 4 is 19.8 Å². The summed E-state index contributed by atoms with van der Waals surface area (Å²) in [5.74, 6) is -0.964. The first-order chi connectivity index (χ1) is 28.7. The summed E-state index contributed by atoms with van der Waals surface area (Å²) >= 11 is 0. The number of rotatable bonds is 43. The number of hydrogen-bond acceptors (Lipinski definition) is 9. The van der Waals surface area contributed by atoms with Crippen molar-refractivity contribution < 1.29 is 47.8 Å². The zero-order valence-corrected chi connectivity index (χ0v) is 38.1. The van der Waals surface area contributed by atoms with Crippen LogP contribution in [0.5, 0.6) is 0 Å². The molecule has 11 heteroatoms. The molecule has 0 aromatic carbocycles. The average Bonchev–Trinajstić information content (AvgIpc) is 3.22. The first kappa shape index (κ1) is 56.7. The third-order valence-electron chi connectivity index (χ3n) is 9.63. The van der Waals surface area contributed by atoms with Crippen molar-refractivity contribution in [2.24, 2.45) is 0 Å². The van der Waals surface area contributed by atoms with Gasteiger partial charge in [0.25, 0.3) is 0 Å². The maximum atomic E-state index is 12.6. The molecule has 342 valence electrons. The molecule has 3 atom stereocenters. The van der Waals surface area contributed by atoms with Gasteiger partial charge in [-0.25, -0.2) is 4.57 Å². The van der Waals surface area contributed by atoms with Crippen LogP contribution in [0.1, 0.15) is 194 Å². The van der Waals surface area contributed by atoms with Gasteiger partial charge < -0.3 is 24.6 Å². The van der Waals surface area contributed by atoms with Crippen LogP contribution >= 0.6 is 7.82 Å². The summed E-state index contributed by atoms with van der Waals surface area (Å²) < 4.78 is 32.7. The smallest absolute Gasteiger partial charge is 0.462 e. The van der Waals surface area contributed by atoms with Crippen LogP contribution in [-0.4, -0.2) is 65.7 Å². The standard InChI is InChI=1S/C48H85O10P/c1-3-5-7-9-11-13-15-17-19-21-22-24-26-28-30-32-34-36-38-40-48(52)58-46(44-57-59(53,54)56-42-45(50)41-49)43-55-47(51)39-37-35-33-31-29-27-25-23-20-18-16-14-12-10-8-6-4-2/h8,10,14,16-17,19-20,23,27,29,45-46,49-50H,3-7,9,11-13,15,18,21-22,24-26,28,30-44H2,1-2H3,(H,53,54)/b10-8+,16-14+,19-17+,23-20+,29-27+/t45-,46+/m0/s1. The van der Waals surface area contributed by atoms with Gasteiger partial charge in [0, 0.05) is 12.8 Å². The van der Waals surface area contributed by atoms with E-state index in [9.17, 15) is 24.2 Å². The Morgan fingerprint density at radius 1 is 0.508 bits per heavy atom. The molecule has 59 heavy (non-hydrogen) atoms. The van der Waals surface area contributed by atoms with Crippen molar-refractivity contribution in [3.8, 4) is 0 Å². The number of aliphatic hydroxyl groups excluding tert-OH is 2. The lowest BCUT2D eigenvalue weighted by Crippen LogP contribution is -2.29. The first-order valence-electron chi connectivity index (χ1n) is 23.2. The SMILES string of the molecule is CCC/C=C/C/C=C/C/C=C/C/C=C/CCCCCC(=O)OC[C@H](COP(=O)(O)OC[C@@H](O)CO)OC(=O)CCCCCCCCCCC/C=C/CCCCCCCC. The zero-order chi connectivity index (χ0) is 43.3. The fourth-order valence-corrected chi connectivity index (χ4v) is 6.83. The van der Waals surface area contributed by atoms with Gasteiger partial charge in [-0.05, 0) is 77.0 Å². The number of allylic oxidation sites excluding steroid dienone is 10. The van der Waals surface area contributed by atoms with Gasteiger partial charge in [-0.3, -0.25) is 18.6 Å². The molecule has 0 rings (SSSR count). The number of carbonyl (C=O) groups is 2. The van der Waals surface area contributed by atoms with Gasteiger partial charge in [0.1, 0.15) is 12.7 Å². The predicted octanol–water partition coefficient (Wildman–Crippen LogP) is 12.7. The third kappa shape index (κ3) is 43.6. The molecular weight excluding hydrogens is 767 g/mol. The topological polar surface area (TPSA) is 149 Å². The number of ether oxygens (including phenoxy) is 2.